The van der Waals surface area contributed by atoms with Crippen LogP contribution in [-0.2, 0) is 0 Å². The Morgan fingerprint density at radius 2 is 1.70 bits per heavy atom. The molecule has 12 nitrogen and oxygen atoms in total. The Morgan fingerprint density at radius 1 is 0.979 bits per heavy atom. The van der Waals surface area contributed by atoms with E-state index in [0.29, 0.717) is 47.6 Å². The van der Waals surface area contributed by atoms with Crippen molar-refractivity contribution in [3.05, 3.63) is 65.2 Å². The molecule has 1 heterocycles. The third-order valence-corrected chi connectivity index (χ3v) is 8.54. The van der Waals surface area contributed by atoms with Crippen molar-refractivity contribution in [3.8, 4) is 0 Å². The molecule has 0 fully saturated rings. The van der Waals surface area contributed by atoms with Gasteiger partial charge in [0.2, 0.25) is 5.95 Å². The standard InChI is InChI=1S/C33H45ClN10O2S/c1-19(2)26(18-45)40-33-41-30(38-20(3)4)29(43-35)31(42-33)39-21-13-14-24(25(34)17-21)32(46)36-15-16-37-47-28-12-8-9-22-23(28)10-7-11-27(22)44(5)6/h7-14,17,19-20,26,37,43,45H,15-16,18,35H2,1-6H3,(H,36,46)(H3,38,39,40,41,42). The molecule has 252 valence electrons. The quantitative estimate of drug-likeness (QED) is 0.0318. The SMILES string of the molecule is CC(C)Nc1nc(NC(CO)C(C)C)nc(Nc2ccc(C(=O)NCCNSc3cccc4c(N(C)C)cccc34)c(Cl)c2)c1NN. The number of nitrogens with one attached hydrogen (secondary N) is 6. The van der Waals surface area contributed by atoms with Crippen LogP contribution >= 0.6 is 23.5 Å². The second-order valence-corrected chi connectivity index (χ2v) is 13.2. The minimum Gasteiger partial charge on any atom is -0.394 e. The first-order valence-corrected chi connectivity index (χ1v) is 16.7. The Labute approximate surface area is 285 Å². The summed E-state index contributed by atoms with van der Waals surface area (Å²) >= 11 is 8.12. The van der Waals surface area contributed by atoms with Crippen molar-refractivity contribution in [2.24, 2.45) is 11.8 Å². The number of anilines is 6. The molecule has 0 bridgehead atoms. The lowest BCUT2D eigenvalue weighted by Gasteiger charge is -2.23. The van der Waals surface area contributed by atoms with Gasteiger partial charge in [0.1, 0.15) is 5.69 Å². The Morgan fingerprint density at radius 3 is 2.36 bits per heavy atom. The number of benzene rings is 3. The van der Waals surface area contributed by atoms with E-state index in [-0.39, 0.29) is 35.5 Å². The number of amides is 1. The molecule has 4 aromatic rings. The summed E-state index contributed by atoms with van der Waals surface area (Å²) in [5.74, 6) is 6.93. The van der Waals surface area contributed by atoms with Gasteiger partial charge >= 0.3 is 0 Å². The normalized spacial score (nSPS) is 11.9. The van der Waals surface area contributed by atoms with Crippen molar-refractivity contribution in [1.82, 2.24) is 20.0 Å². The van der Waals surface area contributed by atoms with Gasteiger partial charge in [0.25, 0.3) is 5.91 Å². The van der Waals surface area contributed by atoms with Gasteiger partial charge < -0.3 is 36.7 Å². The molecule has 0 spiro atoms. The summed E-state index contributed by atoms with van der Waals surface area (Å²) < 4.78 is 3.35. The molecule has 1 unspecified atom stereocenters. The van der Waals surface area contributed by atoms with Crippen LogP contribution < -0.4 is 42.2 Å². The van der Waals surface area contributed by atoms with E-state index in [1.54, 1.807) is 18.2 Å². The van der Waals surface area contributed by atoms with E-state index >= 15 is 0 Å². The molecule has 0 saturated heterocycles. The zero-order valence-electron chi connectivity index (χ0n) is 27.6. The highest BCUT2D eigenvalue weighted by Gasteiger charge is 2.20. The number of nitrogens with two attached hydrogens (primary N) is 1. The summed E-state index contributed by atoms with van der Waals surface area (Å²) in [6.45, 7) is 8.85. The number of aliphatic hydroxyl groups excluding tert-OH is 1. The number of carbonyl (C=O) groups excluding carboxylic acids is 1. The lowest BCUT2D eigenvalue weighted by atomic mass is 10.1. The van der Waals surface area contributed by atoms with Gasteiger partial charge in [-0.3, -0.25) is 15.4 Å². The highest BCUT2D eigenvalue weighted by Crippen LogP contribution is 2.34. The highest BCUT2D eigenvalue weighted by molar-refractivity contribution is 7.97. The molecule has 0 aliphatic rings. The number of hydrazine groups is 1. The molecule has 0 radical (unpaired) electrons. The van der Waals surface area contributed by atoms with E-state index in [4.69, 9.17) is 17.4 Å². The number of hydrogen-bond donors (Lipinski definition) is 8. The number of nitrogens with zero attached hydrogens (tertiary/aromatic N) is 3. The first kappa shape index (κ1) is 35.8. The first-order chi connectivity index (χ1) is 22.5. The van der Waals surface area contributed by atoms with Gasteiger partial charge in [-0.15, -0.1) is 0 Å². The second kappa shape index (κ2) is 16.7. The zero-order valence-corrected chi connectivity index (χ0v) is 29.2. The van der Waals surface area contributed by atoms with E-state index in [2.05, 4.69) is 82.7 Å². The van der Waals surface area contributed by atoms with Crippen molar-refractivity contribution < 1.29 is 9.90 Å². The second-order valence-electron chi connectivity index (χ2n) is 11.8. The van der Waals surface area contributed by atoms with E-state index in [1.165, 1.54) is 22.7 Å². The maximum absolute atomic E-state index is 13.0. The number of halogens is 1. The van der Waals surface area contributed by atoms with Gasteiger partial charge in [0.15, 0.2) is 11.6 Å². The van der Waals surface area contributed by atoms with E-state index < -0.39 is 0 Å². The van der Waals surface area contributed by atoms with E-state index in [0.717, 1.165) is 10.6 Å². The molecule has 1 atom stereocenters. The van der Waals surface area contributed by atoms with E-state index in [9.17, 15) is 9.90 Å². The molecule has 4 rings (SSSR count). The van der Waals surface area contributed by atoms with Crippen LogP contribution in [0.1, 0.15) is 38.1 Å². The Bertz CT molecular complexity index is 1670. The molecule has 9 N–H and O–H groups in total. The molecule has 0 aliphatic carbocycles. The Hall–Kier alpha value is -4.01. The molecular formula is C33H45ClN10O2S. The molecule has 0 saturated carbocycles. The highest BCUT2D eigenvalue weighted by atomic mass is 35.5. The fourth-order valence-corrected chi connectivity index (χ4v) is 5.89. The molecule has 47 heavy (non-hydrogen) atoms. The minimum atomic E-state index is -0.279. The topological polar surface area (TPSA) is 165 Å². The number of rotatable bonds is 16. The summed E-state index contributed by atoms with van der Waals surface area (Å²) in [7, 11) is 4.08. The van der Waals surface area contributed by atoms with Crippen LogP contribution in [0.2, 0.25) is 5.02 Å². The smallest absolute Gasteiger partial charge is 0.252 e. The molecule has 0 aliphatic heterocycles. The summed E-state index contributed by atoms with van der Waals surface area (Å²) in [4.78, 5) is 25.4. The fraction of sp³-hybridized carbons (Fsp3) is 0.364. The van der Waals surface area contributed by atoms with Gasteiger partial charge in [-0.1, -0.05) is 49.7 Å². The number of nitrogen functional groups attached to an aromatic ring is 1. The number of aliphatic hydroxyl groups is 1. The lowest BCUT2D eigenvalue weighted by molar-refractivity contribution is 0.0954. The molecule has 1 amide bonds. The van der Waals surface area contributed by atoms with Crippen molar-refractivity contribution in [1.29, 1.82) is 0 Å². The monoisotopic (exact) mass is 680 g/mol. The number of hydrogen-bond acceptors (Lipinski definition) is 12. The van der Waals surface area contributed by atoms with Crippen LogP contribution in [0.4, 0.5) is 34.6 Å². The molecule has 1 aromatic heterocycles. The maximum Gasteiger partial charge on any atom is 0.252 e. The fourth-order valence-electron chi connectivity index (χ4n) is 4.83. The van der Waals surface area contributed by atoms with Crippen molar-refractivity contribution >= 4 is 74.9 Å². The van der Waals surface area contributed by atoms with Gasteiger partial charge in [-0.05, 0) is 67.4 Å². The van der Waals surface area contributed by atoms with E-state index in [1.807, 2.05) is 41.8 Å². The van der Waals surface area contributed by atoms with Crippen LogP contribution in [0.3, 0.4) is 0 Å². The molecule has 3 aromatic carbocycles. The van der Waals surface area contributed by atoms with Crippen molar-refractivity contribution in [2.45, 2.75) is 44.7 Å². The number of carbonyl (C=O) groups is 1. The summed E-state index contributed by atoms with van der Waals surface area (Å²) in [6, 6.07) is 17.4. The summed E-state index contributed by atoms with van der Waals surface area (Å²) in [6.07, 6.45) is 0. The molecular weight excluding hydrogens is 636 g/mol. The number of aromatic nitrogens is 2. The number of fused-ring (bicyclic) bond motifs is 1. The van der Waals surface area contributed by atoms with Gasteiger partial charge in [0, 0.05) is 54.9 Å². The van der Waals surface area contributed by atoms with Crippen LogP contribution in [-0.4, -0.2) is 66.9 Å². The average Bonchev–Trinajstić information content (AvgIpc) is 3.02. The minimum absolute atomic E-state index is 0.0620. The summed E-state index contributed by atoms with van der Waals surface area (Å²) in [5, 5.41) is 25.1. The van der Waals surface area contributed by atoms with Crippen molar-refractivity contribution in [3.63, 3.8) is 0 Å². The third-order valence-electron chi connectivity index (χ3n) is 7.31. The first-order valence-electron chi connectivity index (χ1n) is 15.5. The summed E-state index contributed by atoms with van der Waals surface area (Å²) in [5.41, 5.74) is 5.23. The predicted octanol–water partition coefficient (Wildman–Crippen LogP) is 5.65. The maximum atomic E-state index is 13.0. The van der Waals surface area contributed by atoms with Crippen molar-refractivity contribution in [2.75, 3.05) is 60.1 Å². The largest absolute Gasteiger partial charge is 0.394 e. The van der Waals surface area contributed by atoms with Crippen LogP contribution in [0.15, 0.2) is 59.5 Å². The van der Waals surface area contributed by atoms with Crippen LogP contribution in [0, 0.1) is 5.92 Å². The van der Waals surface area contributed by atoms with Crippen LogP contribution in [0.25, 0.3) is 10.8 Å². The van der Waals surface area contributed by atoms with Crippen LogP contribution in [0.5, 0.6) is 0 Å². The Kier molecular flexibility index (Phi) is 12.7. The lowest BCUT2D eigenvalue weighted by Crippen LogP contribution is -2.31. The third kappa shape index (κ3) is 9.30. The van der Waals surface area contributed by atoms with Gasteiger partial charge in [0.05, 0.1) is 23.2 Å². The zero-order chi connectivity index (χ0) is 34.1. The Balaban J connectivity index is 1.40. The average molecular weight is 681 g/mol. The van der Waals surface area contributed by atoms with Gasteiger partial charge in [-0.25, -0.2) is 0 Å². The predicted molar refractivity (Wildman–Crippen MR) is 197 cm³/mol. The van der Waals surface area contributed by atoms with Gasteiger partial charge in [-0.2, -0.15) is 9.97 Å². The molecule has 14 heteroatoms.